The molecule has 0 saturated heterocycles. The summed E-state index contributed by atoms with van der Waals surface area (Å²) in [7, 11) is -1.99. The van der Waals surface area contributed by atoms with Gasteiger partial charge in [0.25, 0.3) is 0 Å². The fourth-order valence-electron chi connectivity index (χ4n) is 2.63. The van der Waals surface area contributed by atoms with E-state index in [0.29, 0.717) is 25.5 Å². The molecule has 2 aromatic carbocycles. The lowest BCUT2D eigenvalue weighted by Crippen LogP contribution is -2.38. The first-order valence-electron chi connectivity index (χ1n) is 8.66. The Kier molecular flexibility index (Phi) is 10.9. The zero-order chi connectivity index (χ0) is 20.6. The van der Waals surface area contributed by atoms with Crippen LogP contribution in [-0.2, 0) is 28.7 Å². The van der Waals surface area contributed by atoms with Crippen LogP contribution in [0.15, 0.2) is 52.4 Å². The molecule has 2 rings (SSSR count). The number of guanidine groups is 1. The predicted octanol–water partition coefficient (Wildman–Crippen LogP) is 2.86. The van der Waals surface area contributed by atoms with Crippen molar-refractivity contribution >= 4 is 51.7 Å². The molecule has 6 nitrogen and oxygen atoms in total. The first kappa shape index (κ1) is 25.7. The highest BCUT2D eigenvalue weighted by atomic mass is 127. The third kappa shape index (κ3) is 8.49. The highest BCUT2D eigenvalue weighted by Gasteiger charge is 2.07. The molecule has 0 radical (unpaired) electrons. The number of aliphatic imine (C=N–C) groups is 1. The molecular weight excluding hydrogens is 526 g/mol. The van der Waals surface area contributed by atoms with Crippen molar-refractivity contribution in [3.8, 4) is 0 Å². The van der Waals surface area contributed by atoms with Gasteiger partial charge in [-0.3, -0.25) is 4.99 Å². The molecule has 160 valence electrons. The van der Waals surface area contributed by atoms with Gasteiger partial charge in [-0.1, -0.05) is 18.2 Å². The molecule has 0 spiro atoms. The van der Waals surface area contributed by atoms with Gasteiger partial charge in [0, 0.05) is 25.9 Å². The number of sulfonamides is 1. The van der Waals surface area contributed by atoms with Crippen LogP contribution in [0.25, 0.3) is 0 Å². The Hall–Kier alpha value is -1.37. The number of thioether (sulfide) groups is 1. The van der Waals surface area contributed by atoms with E-state index in [1.54, 1.807) is 43.1 Å². The van der Waals surface area contributed by atoms with Gasteiger partial charge in [-0.2, -0.15) is 11.8 Å². The zero-order valence-electron chi connectivity index (χ0n) is 16.3. The molecule has 4 N–H and O–H groups in total. The Morgan fingerprint density at radius 1 is 1.14 bits per heavy atom. The minimum atomic E-state index is -3.67. The first-order valence-corrected chi connectivity index (χ1v) is 11.6. The van der Waals surface area contributed by atoms with E-state index < -0.39 is 10.0 Å². The van der Waals surface area contributed by atoms with Crippen molar-refractivity contribution in [1.82, 2.24) is 10.6 Å². The largest absolute Gasteiger partial charge is 0.356 e. The van der Waals surface area contributed by atoms with E-state index >= 15 is 0 Å². The molecule has 0 heterocycles. The van der Waals surface area contributed by atoms with E-state index in [2.05, 4.69) is 15.6 Å². The Morgan fingerprint density at radius 2 is 1.83 bits per heavy atom. The third-order valence-electron chi connectivity index (χ3n) is 4.10. The molecule has 0 bridgehead atoms. The van der Waals surface area contributed by atoms with Gasteiger partial charge < -0.3 is 10.6 Å². The minimum absolute atomic E-state index is 0. The minimum Gasteiger partial charge on any atom is -0.356 e. The van der Waals surface area contributed by atoms with Crippen LogP contribution in [0.5, 0.6) is 0 Å². The SMILES string of the molecule is CN=C(NCCc1ccc(S(N)(=O)=O)cc1)NCc1ccc(F)cc1CSC.I. The van der Waals surface area contributed by atoms with E-state index in [1.807, 2.05) is 6.26 Å². The van der Waals surface area contributed by atoms with E-state index in [4.69, 9.17) is 5.14 Å². The second kappa shape index (κ2) is 12.4. The van der Waals surface area contributed by atoms with Crippen molar-refractivity contribution in [3.63, 3.8) is 0 Å². The van der Waals surface area contributed by atoms with Gasteiger partial charge in [0.15, 0.2) is 5.96 Å². The van der Waals surface area contributed by atoms with Gasteiger partial charge in [-0.15, -0.1) is 24.0 Å². The van der Waals surface area contributed by atoms with Crippen molar-refractivity contribution in [2.75, 3.05) is 19.8 Å². The van der Waals surface area contributed by atoms with E-state index in [9.17, 15) is 12.8 Å². The third-order valence-corrected chi connectivity index (χ3v) is 5.62. The average Bonchev–Trinajstić information content (AvgIpc) is 2.65. The normalized spacial score (nSPS) is 11.7. The smallest absolute Gasteiger partial charge is 0.238 e. The van der Waals surface area contributed by atoms with Gasteiger partial charge in [0.2, 0.25) is 10.0 Å². The quantitative estimate of drug-likeness (QED) is 0.266. The van der Waals surface area contributed by atoms with Crippen LogP contribution in [0.1, 0.15) is 16.7 Å². The number of nitrogens with one attached hydrogen (secondary N) is 2. The summed E-state index contributed by atoms with van der Waals surface area (Å²) in [5, 5.41) is 11.5. The van der Waals surface area contributed by atoms with Crippen LogP contribution in [0.3, 0.4) is 0 Å². The summed E-state index contributed by atoms with van der Waals surface area (Å²) in [5.41, 5.74) is 2.97. The standard InChI is InChI=1S/C19H25FN4O2S2.HI/c1-22-19(24-12-15-5-6-17(20)11-16(15)13-27-2)23-10-9-14-3-7-18(8-4-14)28(21,25)26;/h3-8,11H,9-10,12-13H2,1-2H3,(H2,21,25,26)(H2,22,23,24);1H. The highest BCUT2D eigenvalue weighted by Crippen LogP contribution is 2.16. The summed E-state index contributed by atoms with van der Waals surface area (Å²) in [6.45, 7) is 1.16. The maximum Gasteiger partial charge on any atom is 0.238 e. The summed E-state index contributed by atoms with van der Waals surface area (Å²) < 4.78 is 36.0. The van der Waals surface area contributed by atoms with Gasteiger partial charge in [0.05, 0.1) is 4.90 Å². The number of hydrogen-bond donors (Lipinski definition) is 3. The van der Waals surface area contributed by atoms with Crippen LogP contribution in [0.4, 0.5) is 4.39 Å². The van der Waals surface area contributed by atoms with Crippen molar-refractivity contribution in [3.05, 3.63) is 65.0 Å². The molecule has 10 heteroatoms. The molecule has 0 aliphatic carbocycles. The lowest BCUT2D eigenvalue weighted by molar-refractivity contribution is 0.597. The molecule has 29 heavy (non-hydrogen) atoms. The molecule has 0 aliphatic rings. The van der Waals surface area contributed by atoms with Crippen molar-refractivity contribution in [1.29, 1.82) is 0 Å². The number of halogens is 2. The fraction of sp³-hybridized carbons (Fsp3) is 0.316. The molecule has 2 aromatic rings. The molecular formula is C19H26FIN4O2S2. The van der Waals surface area contributed by atoms with E-state index in [1.165, 1.54) is 18.2 Å². The molecule has 0 atom stereocenters. The Bertz CT molecular complexity index is 922. The summed E-state index contributed by atoms with van der Waals surface area (Å²) in [6, 6.07) is 11.3. The number of hydrogen-bond acceptors (Lipinski definition) is 4. The van der Waals surface area contributed by atoms with Crippen LogP contribution in [0, 0.1) is 5.82 Å². The maximum atomic E-state index is 13.4. The first-order chi connectivity index (χ1) is 13.3. The number of benzene rings is 2. The molecule has 0 saturated carbocycles. The Labute approximate surface area is 193 Å². The average molecular weight is 552 g/mol. The van der Waals surface area contributed by atoms with Gasteiger partial charge >= 0.3 is 0 Å². The van der Waals surface area contributed by atoms with Gasteiger partial charge in [0.1, 0.15) is 5.82 Å². The summed E-state index contributed by atoms with van der Waals surface area (Å²) in [6.07, 6.45) is 2.68. The summed E-state index contributed by atoms with van der Waals surface area (Å²) >= 11 is 1.65. The lowest BCUT2D eigenvalue weighted by atomic mass is 10.1. The van der Waals surface area contributed by atoms with Crippen LogP contribution in [0.2, 0.25) is 0 Å². The van der Waals surface area contributed by atoms with Crippen molar-refractivity contribution in [2.24, 2.45) is 10.1 Å². The number of nitrogens with zero attached hydrogens (tertiary/aromatic N) is 1. The lowest BCUT2D eigenvalue weighted by Gasteiger charge is -2.14. The molecule has 0 unspecified atom stereocenters. The van der Waals surface area contributed by atoms with Crippen LogP contribution >= 0.6 is 35.7 Å². The zero-order valence-corrected chi connectivity index (χ0v) is 20.3. The highest BCUT2D eigenvalue weighted by molar-refractivity contribution is 14.0. The second-order valence-electron chi connectivity index (χ2n) is 6.14. The Morgan fingerprint density at radius 3 is 2.41 bits per heavy atom. The number of primary sulfonamides is 1. The topological polar surface area (TPSA) is 96.6 Å². The van der Waals surface area contributed by atoms with Crippen LogP contribution in [-0.4, -0.2) is 34.2 Å². The second-order valence-corrected chi connectivity index (χ2v) is 8.56. The van der Waals surface area contributed by atoms with Crippen LogP contribution < -0.4 is 15.8 Å². The number of nitrogens with two attached hydrogens (primary N) is 1. The molecule has 0 fully saturated rings. The van der Waals surface area contributed by atoms with E-state index in [0.717, 1.165) is 22.4 Å². The summed E-state index contributed by atoms with van der Waals surface area (Å²) in [4.78, 5) is 4.29. The van der Waals surface area contributed by atoms with E-state index in [-0.39, 0.29) is 34.7 Å². The fourth-order valence-corrected chi connectivity index (χ4v) is 3.72. The van der Waals surface area contributed by atoms with Crippen molar-refractivity contribution in [2.45, 2.75) is 23.6 Å². The predicted molar refractivity (Wildman–Crippen MR) is 129 cm³/mol. The molecule has 0 aromatic heterocycles. The number of rotatable bonds is 8. The molecule has 0 amide bonds. The van der Waals surface area contributed by atoms with Gasteiger partial charge in [-0.05, 0) is 53.6 Å². The molecule has 0 aliphatic heterocycles. The Balaban J connectivity index is 0.00000420. The van der Waals surface area contributed by atoms with Crippen molar-refractivity contribution < 1.29 is 12.8 Å². The summed E-state index contributed by atoms with van der Waals surface area (Å²) in [5.74, 6) is 1.15. The van der Waals surface area contributed by atoms with Gasteiger partial charge in [-0.25, -0.2) is 17.9 Å². The maximum absolute atomic E-state index is 13.4. The monoisotopic (exact) mass is 552 g/mol.